The molecule has 0 aliphatic heterocycles. The SMILES string of the molecule is COC(=O)[C@@H](Cc1cccc(OCc2ccccc2)c1)NC(=O)CNC(=O)OCc1ccccc1. The van der Waals surface area contributed by atoms with Gasteiger partial charge < -0.3 is 24.8 Å². The minimum atomic E-state index is -0.931. The van der Waals surface area contributed by atoms with Gasteiger partial charge in [-0.3, -0.25) is 4.79 Å². The lowest BCUT2D eigenvalue weighted by molar-refractivity contribution is -0.144. The first kappa shape index (κ1) is 25.3. The van der Waals surface area contributed by atoms with Crippen molar-refractivity contribution in [2.75, 3.05) is 13.7 Å². The fourth-order valence-corrected chi connectivity index (χ4v) is 3.25. The van der Waals surface area contributed by atoms with Crippen LogP contribution in [-0.4, -0.2) is 37.7 Å². The Morgan fingerprint density at radius 2 is 1.43 bits per heavy atom. The molecule has 0 aliphatic rings. The van der Waals surface area contributed by atoms with E-state index in [1.165, 1.54) is 7.11 Å². The predicted octanol–water partition coefficient (Wildman–Crippen LogP) is 3.39. The van der Waals surface area contributed by atoms with Gasteiger partial charge in [-0.1, -0.05) is 72.8 Å². The van der Waals surface area contributed by atoms with Gasteiger partial charge in [-0.15, -0.1) is 0 Å². The van der Waals surface area contributed by atoms with Gasteiger partial charge in [0.1, 0.15) is 31.5 Å². The normalized spacial score (nSPS) is 11.1. The van der Waals surface area contributed by atoms with Crippen molar-refractivity contribution in [1.82, 2.24) is 10.6 Å². The highest BCUT2D eigenvalue weighted by Gasteiger charge is 2.22. The molecule has 0 aromatic heterocycles. The zero-order valence-corrected chi connectivity index (χ0v) is 19.4. The van der Waals surface area contributed by atoms with Gasteiger partial charge >= 0.3 is 12.1 Å². The quantitative estimate of drug-likeness (QED) is 0.411. The van der Waals surface area contributed by atoms with Gasteiger partial charge in [-0.2, -0.15) is 0 Å². The van der Waals surface area contributed by atoms with Crippen LogP contribution in [0.2, 0.25) is 0 Å². The Morgan fingerprint density at radius 3 is 2.09 bits per heavy atom. The molecule has 0 unspecified atom stereocenters. The smallest absolute Gasteiger partial charge is 0.407 e. The van der Waals surface area contributed by atoms with Crippen LogP contribution in [0, 0.1) is 0 Å². The number of benzene rings is 3. The van der Waals surface area contributed by atoms with Crippen molar-refractivity contribution < 1.29 is 28.6 Å². The summed E-state index contributed by atoms with van der Waals surface area (Å²) in [7, 11) is 1.25. The molecule has 0 saturated carbocycles. The third kappa shape index (κ3) is 8.85. The summed E-state index contributed by atoms with van der Waals surface area (Å²) < 4.78 is 15.8. The highest BCUT2D eigenvalue weighted by molar-refractivity contribution is 5.87. The van der Waals surface area contributed by atoms with E-state index in [0.717, 1.165) is 16.7 Å². The van der Waals surface area contributed by atoms with Gasteiger partial charge in [0.25, 0.3) is 0 Å². The highest BCUT2D eigenvalue weighted by Crippen LogP contribution is 2.17. The van der Waals surface area contributed by atoms with Crippen molar-refractivity contribution in [2.45, 2.75) is 25.7 Å². The predicted molar refractivity (Wildman–Crippen MR) is 129 cm³/mol. The summed E-state index contributed by atoms with van der Waals surface area (Å²) >= 11 is 0. The van der Waals surface area contributed by atoms with Crippen LogP contribution in [0.3, 0.4) is 0 Å². The van der Waals surface area contributed by atoms with Gasteiger partial charge in [-0.05, 0) is 28.8 Å². The second-order valence-electron chi connectivity index (χ2n) is 7.68. The molecule has 0 aliphatic carbocycles. The summed E-state index contributed by atoms with van der Waals surface area (Å²) in [6, 6.07) is 25.3. The molecule has 2 N–H and O–H groups in total. The number of alkyl carbamates (subject to hydrolysis) is 1. The molecule has 35 heavy (non-hydrogen) atoms. The number of nitrogens with one attached hydrogen (secondary N) is 2. The lowest BCUT2D eigenvalue weighted by Crippen LogP contribution is -2.47. The molecular formula is C27H28N2O6. The van der Waals surface area contributed by atoms with Crippen molar-refractivity contribution in [3.05, 3.63) is 102 Å². The molecule has 3 aromatic carbocycles. The molecule has 3 rings (SSSR count). The van der Waals surface area contributed by atoms with E-state index in [0.29, 0.717) is 12.4 Å². The van der Waals surface area contributed by atoms with E-state index in [1.807, 2.05) is 84.9 Å². The number of carbonyl (C=O) groups is 3. The molecular weight excluding hydrogens is 448 g/mol. The molecule has 182 valence electrons. The van der Waals surface area contributed by atoms with E-state index in [9.17, 15) is 14.4 Å². The molecule has 3 aromatic rings. The van der Waals surface area contributed by atoms with Crippen LogP contribution in [-0.2, 0) is 38.7 Å². The van der Waals surface area contributed by atoms with Crippen molar-refractivity contribution in [2.24, 2.45) is 0 Å². The second kappa shape index (κ2) is 13.4. The first-order valence-electron chi connectivity index (χ1n) is 11.1. The van der Waals surface area contributed by atoms with E-state index in [4.69, 9.17) is 14.2 Å². The average Bonchev–Trinajstić information content (AvgIpc) is 2.90. The topological polar surface area (TPSA) is 103 Å². The zero-order valence-electron chi connectivity index (χ0n) is 19.4. The maximum atomic E-state index is 12.4. The van der Waals surface area contributed by atoms with Gasteiger partial charge in [0, 0.05) is 6.42 Å². The second-order valence-corrected chi connectivity index (χ2v) is 7.68. The lowest BCUT2D eigenvalue weighted by atomic mass is 10.1. The molecule has 0 heterocycles. The monoisotopic (exact) mass is 476 g/mol. The standard InChI is InChI=1S/C27H28N2O6/c1-33-26(31)24(29-25(30)17-28-27(32)35-19-21-11-6-3-7-12-21)16-22-13-8-14-23(15-22)34-18-20-9-4-2-5-10-20/h2-15,24H,16-19H2,1H3,(H,28,32)(H,29,30)/t24-/m1/s1. The molecule has 0 radical (unpaired) electrons. The Balaban J connectivity index is 1.49. The highest BCUT2D eigenvalue weighted by atomic mass is 16.5. The third-order valence-electron chi connectivity index (χ3n) is 5.01. The molecule has 0 saturated heterocycles. The summed E-state index contributed by atoms with van der Waals surface area (Å²) in [6.45, 7) is 0.149. The first-order chi connectivity index (χ1) is 17.0. The minimum Gasteiger partial charge on any atom is -0.489 e. The van der Waals surface area contributed by atoms with E-state index < -0.39 is 24.0 Å². The number of hydrogen-bond donors (Lipinski definition) is 2. The molecule has 0 spiro atoms. The molecule has 0 fully saturated rings. The third-order valence-corrected chi connectivity index (χ3v) is 5.01. The van der Waals surface area contributed by atoms with Crippen LogP contribution >= 0.6 is 0 Å². The van der Waals surface area contributed by atoms with E-state index in [1.54, 1.807) is 0 Å². The van der Waals surface area contributed by atoms with Crippen LogP contribution in [0.4, 0.5) is 4.79 Å². The molecule has 1 atom stereocenters. The number of carbonyl (C=O) groups excluding carboxylic acids is 3. The number of rotatable bonds is 11. The van der Waals surface area contributed by atoms with Crippen LogP contribution in [0.5, 0.6) is 5.75 Å². The van der Waals surface area contributed by atoms with Crippen LogP contribution < -0.4 is 15.4 Å². The fourth-order valence-electron chi connectivity index (χ4n) is 3.25. The fraction of sp³-hybridized carbons (Fsp3) is 0.222. The van der Waals surface area contributed by atoms with Crippen molar-refractivity contribution in [3.8, 4) is 5.75 Å². The Bertz CT molecular complexity index is 1100. The maximum absolute atomic E-state index is 12.4. The number of hydrogen-bond acceptors (Lipinski definition) is 6. The summed E-state index contributed by atoms with van der Waals surface area (Å²) in [5, 5.41) is 4.97. The van der Waals surface area contributed by atoms with Crippen LogP contribution in [0.25, 0.3) is 0 Å². The first-order valence-corrected chi connectivity index (χ1v) is 11.1. The number of esters is 1. The van der Waals surface area contributed by atoms with E-state index in [-0.39, 0.29) is 19.6 Å². The lowest BCUT2D eigenvalue weighted by Gasteiger charge is -2.17. The van der Waals surface area contributed by atoms with Gasteiger partial charge in [0.2, 0.25) is 5.91 Å². The van der Waals surface area contributed by atoms with Crippen molar-refractivity contribution >= 4 is 18.0 Å². The maximum Gasteiger partial charge on any atom is 0.407 e. The number of amides is 2. The minimum absolute atomic E-state index is 0.0851. The summed E-state index contributed by atoms with van der Waals surface area (Å²) in [5.74, 6) is -0.502. The molecule has 8 nitrogen and oxygen atoms in total. The van der Waals surface area contributed by atoms with Crippen molar-refractivity contribution in [1.29, 1.82) is 0 Å². The van der Waals surface area contributed by atoms with Crippen LogP contribution in [0.15, 0.2) is 84.9 Å². The van der Waals surface area contributed by atoms with Gasteiger partial charge in [0.15, 0.2) is 0 Å². The Kier molecular flexibility index (Phi) is 9.68. The van der Waals surface area contributed by atoms with Gasteiger partial charge in [0.05, 0.1) is 7.11 Å². The Morgan fingerprint density at radius 1 is 0.800 bits per heavy atom. The average molecular weight is 477 g/mol. The molecule has 2 amide bonds. The summed E-state index contributed by atoms with van der Waals surface area (Å²) in [6.07, 6.45) is -0.541. The Labute approximate surface area is 204 Å². The Hall–Kier alpha value is -4.33. The summed E-state index contributed by atoms with van der Waals surface area (Å²) in [4.78, 5) is 36.5. The van der Waals surface area contributed by atoms with Crippen LogP contribution in [0.1, 0.15) is 16.7 Å². The van der Waals surface area contributed by atoms with E-state index in [2.05, 4.69) is 10.6 Å². The van der Waals surface area contributed by atoms with Crippen molar-refractivity contribution in [3.63, 3.8) is 0 Å². The van der Waals surface area contributed by atoms with Gasteiger partial charge in [-0.25, -0.2) is 9.59 Å². The zero-order chi connectivity index (χ0) is 24.9. The molecule has 8 heteroatoms. The largest absolute Gasteiger partial charge is 0.489 e. The molecule has 0 bridgehead atoms. The van der Waals surface area contributed by atoms with E-state index >= 15 is 0 Å². The number of ether oxygens (including phenoxy) is 3. The summed E-state index contributed by atoms with van der Waals surface area (Å²) in [5.41, 5.74) is 2.64. The number of methoxy groups -OCH3 is 1.